The first-order valence-electron chi connectivity index (χ1n) is 12.3. The second-order valence-corrected chi connectivity index (χ2v) is 9.48. The number of nitrogens with zero attached hydrogens (tertiary/aromatic N) is 2. The molecule has 0 radical (unpaired) electrons. The molecule has 3 aromatic rings. The van der Waals surface area contributed by atoms with Crippen molar-refractivity contribution in [3.05, 3.63) is 107 Å². The second kappa shape index (κ2) is 9.89. The third-order valence-corrected chi connectivity index (χ3v) is 6.95. The van der Waals surface area contributed by atoms with Gasteiger partial charge in [-0.1, -0.05) is 72.8 Å². The van der Waals surface area contributed by atoms with Crippen molar-refractivity contribution < 1.29 is 14.4 Å². The third kappa shape index (κ3) is 4.58. The van der Waals surface area contributed by atoms with Crippen LogP contribution in [0.2, 0.25) is 0 Å². The second-order valence-electron chi connectivity index (χ2n) is 9.48. The maximum Gasteiger partial charge on any atom is 0.264 e. The molecule has 0 saturated carbocycles. The molecule has 2 saturated heterocycles. The number of guanidine groups is 1. The number of hydrogen-bond donors (Lipinski definition) is 3. The minimum absolute atomic E-state index is 0.00660. The lowest BCUT2D eigenvalue weighted by molar-refractivity contribution is -0.130. The highest BCUT2D eigenvalue weighted by Gasteiger charge is 2.52. The maximum atomic E-state index is 14.0. The first-order chi connectivity index (χ1) is 17.9. The highest BCUT2D eigenvalue weighted by molar-refractivity contribution is 6.10. The number of likely N-dealkylation sites (tertiary alicyclic amines) is 1. The van der Waals surface area contributed by atoms with Gasteiger partial charge in [0.15, 0.2) is 11.5 Å². The zero-order valence-electron chi connectivity index (χ0n) is 20.6. The molecule has 0 bridgehead atoms. The van der Waals surface area contributed by atoms with Crippen molar-refractivity contribution in [1.82, 2.24) is 20.4 Å². The van der Waals surface area contributed by atoms with E-state index in [-0.39, 0.29) is 36.3 Å². The van der Waals surface area contributed by atoms with E-state index in [1.807, 2.05) is 66.7 Å². The van der Waals surface area contributed by atoms with Gasteiger partial charge in [-0.05, 0) is 35.2 Å². The van der Waals surface area contributed by atoms with Crippen LogP contribution in [-0.2, 0) is 21.7 Å². The fraction of sp³-hybridized carbons (Fsp3) is 0.241. The van der Waals surface area contributed by atoms with Crippen molar-refractivity contribution in [2.24, 2.45) is 0 Å². The first-order valence-corrected chi connectivity index (χ1v) is 12.3. The molecule has 2 fully saturated rings. The summed E-state index contributed by atoms with van der Waals surface area (Å²) in [4.78, 5) is 41.7. The molecule has 8 nitrogen and oxygen atoms in total. The van der Waals surface area contributed by atoms with Gasteiger partial charge in [-0.25, -0.2) is 0 Å². The average molecular weight is 496 g/mol. The number of carbonyl (C=O) groups excluding carboxylic acids is 3. The third-order valence-electron chi connectivity index (χ3n) is 6.95. The van der Waals surface area contributed by atoms with E-state index < -0.39 is 5.54 Å². The van der Waals surface area contributed by atoms with E-state index in [4.69, 9.17) is 5.41 Å². The molecule has 3 N–H and O–H groups in total. The van der Waals surface area contributed by atoms with E-state index >= 15 is 0 Å². The fourth-order valence-electron chi connectivity index (χ4n) is 5.21. The Kier molecular flexibility index (Phi) is 6.48. The summed E-state index contributed by atoms with van der Waals surface area (Å²) >= 11 is 0. The lowest BCUT2D eigenvalue weighted by atomic mass is 9.82. The standard InChI is InChI=1S/C29H29N5O3/c1-20(35)31-25-15-16-33(19-25)26(36)22-10-8-9-21(17-22)18-34-27(37)29(32-28(34)30,23-11-4-2-5-12-23)24-13-6-3-7-14-24/h2-14,17,25H,15-16,18-19H2,1H3,(H2,30,32)(H,31,35). The van der Waals surface area contributed by atoms with Crippen LogP contribution in [0, 0.1) is 5.41 Å². The summed E-state index contributed by atoms with van der Waals surface area (Å²) in [5.74, 6) is -0.454. The van der Waals surface area contributed by atoms with Gasteiger partial charge in [0, 0.05) is 31.6 Å². The van der Waals surface area contributed by atoms with Crippen molar-refractivity contribution in [3.8, 4) is 0 Å². The average Bonchev–Trinajstić information content (AvgIpc) is 3.47. The van der Waals surface area contributed by atoms with E-state index in [1.54, 1.807) is 23.1 Å². The Hall–Kier alpha value is -4.46. The van der Waals surface area contributed by atoms with Crippen molar-refractivity contribution in [1.29, 1.82) is 5.41 Å². The zero-order valence-corrected chi connectivity index (χ0v) is 20.6. The van der Waals surface area contributed by atoms with Crippen LogP contribution in [0.4, 0.5) is 0 Å². The summed E-state index contributed by atoms with van der Waals surface area (Å²) < 4.78 is 0. The van der Waals surface area contributed by atoms with Gasteiger partial charge in [-0.15, -0.1) is 0 Å². The number of rotatable bonds is 6. The largest absolute Gasteiger partial charge is 0.352 e. The number of hydrogen-bond acceptors (Lipinski definition) is 4. The molecule has 5 rings (SSSR count). The molecule has 0 aromatic heterocycles. The van der Waals surface area contributed by atoms with Crippen LogP contribution in [0.15, 0.2) is 84.9 Å². The Bertz CT molecular complexity index is 1300. The molecule has 0 spiro atoms. The molecule has 2 aliphatic heterocycles. The van der Waals surface area contributed by atoms with Gasteiger partial charge in [0.1, 0.15) is 0 Å². The fourth-order valence-corrected chi connectivity index (χ4v) is 5.21. The normalized spacial score (nSPS) is 18.6. The Labute approximate surface area is 215 Å². The Morgan fingerprint density at radius 1 is 1.00 bits per heavy atom. The molecule has 37 heavy (non-hydrogen) atoms. The minimum Gasteiger partial charge on any atom is -0.352 e. The number of amides is 3. The Balaban J connectivity index is 1.39. The molecular formula is C29H29N5O3. The predicted molar refractivity (Wildman–Crippen MR) is 140 cm³/mol. The molecule has 0 aliphatic carbocycles. The monoisotopic (exact) mass is 495 g/mol. The lowest BCUT2D eigenvalue weighted by Gasteiger charge is -2.28. The van der Waals surface area contributed by atoms with Crippen LogP contribution in [0.5, 0.6) is 0 Å². The molecule has 2 aliphatic rings. The zero-order chi connectivity index (χ0) is 26.0. The van der Waals surface area contributed by atoms with Gasteiger partial charge < -0.3 is 15.5 Å². The molecule has 3 amide bonds. The number of carbonyl (C=O) groups is 3. The smallest absolute Gasteiger partial charge is 0.264 e. The topological polar surface area (TPSA) is 106 Å². The van der Waals surface area contributed by atoms with Crippen molar-refractivity contribution in [2.45, 2.75) is 31.5 Å². The Morgan fingerprint density at radius 2 is 1.65 bits per heavy atom. The van der Waals surface area contributed by atoms with Gasteiger partial charge in [0.05, 0.1) is 6.54 Å². The summed E-state index contributed by atoms with van der Waals surface area (Å²) in [6.45, 7) is 2.67. The molecule has 3 aromatic carbocycles. The molecule has 188 valence electrons. The quantitative estimate of drug-likeness (QED) is 0.489. The van der Waals surface area contributed by atoms with Gasteiger partial charge in [-0.3, -0.25) is 24.7 Å². The van der Waals surface area contributed by atoms with Crippen LogP contribution in [0.25, 0.3) is 0 Å². The van der Waals surface area contributed by atoms with E-state index in [9.17, 15) is 14.4 Å². The van der Waals surface area contributed by atoms with Crippen LogP contribution in [-0.4, -0.2) is 52.6 Å². The van der Waals surface area contributed by atoms with Crippen LogP contribution < -0.4 is 10.6 Å². The van der Waals surface area contributed by atoms with Gasteiger partial charge in [0.2, 0.25) is 5.91 Å². The van der Waals surface area contributed by atoms with Crippen molar-refractivity contribution in [2.75, 3.05) is 13.1 Å². The highest BCUT2D eigenvalue weighted by Crippen LogP contribution is 2.36. The SMILES string of the molecule is CC(=O)NC1CCN(C(=O)c2cccc(CN3C(=N)NC(c4ccccc4)(c4ccccc4)C3=O)c2)C1. The maximum absolute atomic E-state index is 14.0. The summed E-state index contributed by atoms with van der Waals surface area (Å²) in [6, 6.07) is 26.0. The molecule has 2 heterocycles. The van der Waals surface area contributed by atoms with Gasteiger partial charge in [0.25, 0.3) is 11.8 Å². The van der Waals surface area contributed by atoms with E-state index in [1.165, 1.54) is 11.8 Å². The lowest BCUT2D eigenvalue weighted by Crippen LogP contribution is -2.45. The van der Waals surface area contributed by atoms with Crippen molar-refractivity contribution >= 4 is 23.7 Å². The predicted octanol–water partition coefficient (Wildman–Crippen LogP) is 2.85. The van der Waals surface area contributed by atoms with Gasteiger partial charge in [-0.2, -0.15) is 0 Å². The van der Waals surface area contributed by atoms with Crippen LogP contribution in [0.3, 0.4) is 0 Å². The minimum atomic E-state index is -1.21. The molecular weight excluding hydrogens is 466 g/mol. The number of nitrogens with one attached hydrogen (secondary N) is 3. The highest BCUT2D eigenvalue weighted by atomic mass is 16.2. The van der Waals surface area contributed by atoms with Crippen molar-refractivity contribution in [3.63, 3.8) is 0 Å². The molecule has 8 heteroatoms. The van der Waals surface area contributed by atoms with E-state index in [0.717, 1.165) is 23.1 Å². The Morgan fingerprint density at radius 3 is 2.27 bits per heavy atom. The first kappa shape index (κ1) is 24.2. The van der Waals surface area contributed by atoms with Crippen LogP contribution in [0.1, 0.15) is 40.4 Å². The molecule has 1 atom stereocenters. The summed E-state index contributed by atoms with van der Waals surface area (Å²) in [5.41, 5.74) is 1.57. The molecule has 1 unspecified atom stereocenters. The van der Waals surface area contributed by atoms with Crippen LogP contribution >= 0.6 is 0 Å². The van der Waals surface area contributed by atoms with Gasteiger partial charge >= 0.3 is 0 Å². The van der Waals surface area contributed by atoms with E-state index in [2.05, 4.69) is 10.6 Å². The number of benzene rings is 3. The van der Waals surface area contributed by atoms with E-state index in [0.29, 0.717) is 18.7 Å². The summed E-state index contributed by atoms with van der Waals surface area (Å²) in [7, 11) is 0. The summed E-state index contributed by atoms with van der Waals surface area (Å²) in [6.07, 6.45) is 0.719. The summed E-state index contributed by atoms with van der Waals surface area (Å²) in [5, 5.41) is 14.7.